The van der Waals surface area contributed by atoms with Crippen molar-refractivity contribution in [3.05, 3.63) is 0 Å². The Kier molecular flexibility index (Phi) is 5.31. The first-order valence-corrected chi connectivity index (χ1v) is 5.14. The third kappa shape index (κ3) is 3.60. The van der Waals surface area contributed by atoms with Crippen molar-refractivity contribution in [1.29, 1.82) is 0 Å². The lowest BCUT2D eigenvalue weighted by Gasteiger charge is -2.35. The summed E-state index contributed by atoms with van der Waals surface area (Å²) in [6, 6.07) is 0.493. The average molecular weight is 187 g/mol. The van der Waals surface area contributed by atoms with E-state index in [0.717, 1.165) is 45.6 Å². The zero-order valence-electron chi connectivity index (χ0n) is 8.21. The van der Waals surface area contributed by atoms with Gasteiger partial charge in [-0.05, 0) is 19.4 Å². The Balaban J connectivity index is 2.19. The van der Waals surface area contributed by atoms with Crippen LogP contribution in [0.4, 0.5) is 0 Å². The van der Waals surface area contributed by atoms with Crippen LogP contribution < -0.4 is 11.1 Å². The molecule has 0 aromatic rings. The van der Waals surface area contributed by atoms with Crippen molar-refractivity contribution in [2.24, 2.45) is 5.73 Å². The van der Waals surface area contributed by atoms with Crippen LogP contribution in [0.3, 0.4) is 0 Å². The smallest absolute Gasteiger partial charge is 0.0431 e. The standard InChI is InChI=1S/C9H21N3O/c10-7-9-8-11-3-5-12(9)4-1-2-6-13/h9,11,13H,1-8,10H2. The van der Waals surface area contributed by atoms with E-state index >= 15 is 0 Å². The van der Waals surface area contributed by atoms with E-state index in [-0.39, 0.29) is 0 Å². The molecule has 78 valence electrons. The van der Waals surface area contributed by atoms with Gasteiger partial charge in [0.25, 0.3) is 0 Å². The molecule has 0 spiro atoms. The molecule has 1 atom stereocenters. The second-order valence-corrected chi connectivity index (χ2v) is 3.56. The van der Waals surface area contributed by atoms with Crippen LogP contribution in [0.5, 0.6) is 0 Å². The SMILES string of the molecule is NCC1CNCCN1CCCCO. The lowest BCUT2D eigenvalue weighted by Crippen LogP contribution is -2.54. The maximum atomic E-state index is 8.66. The first-order valence-electron chi connectivity index (χ1n) is 5.14. The summed E-state index contributed by atoms with van der Waals surface area (Å²) in [7, 11) is 0. The van der Waals surface area contributed by atoms with Gasteiger partial charge in [-0.1, -0.05) is 0 Å². The van der Waals surface area contributed by atoms with E-state index in [4.69, 9.17) is 10.8 Å². The van der Waals surface area contributed by atoms with Crippen molar-refractivity contribution in [3.8, 4) is 0 Å². The fraction of sp³-hybridized carbons (Fsp3) is 1.00. The summed E-state index contributed by atoms with van der Waals surface area (Å²) in [4.78, 5) is 2.42. The highest BCUT2D eigenvalue weighted by atomic mass is 16.2. The van der Waals surface area contributed by atoms with Gasteiger partial charge in [0, 0.05) is 38.8 Å². The lowest BCUT2D eigenvalue weighted by molar-refractivity contribution is 0.158. The third-order valence-corrected chi connectivity index (χ3v) is 2.60. The van der Waals surface area contributed by atoms with Gasteiger partial charge in [-0.25, -0.2) is 0 Å². The van der Waals surface area contributed by atoms with Crippen LogP contribution in [0.15, 0.2) is 0 Å². The molecule has 4 nitrogen and oxygen atoms in total. The van der Waals surface area contributed by atoms with Gasteiger partial charge in [-0.2, -0.15) is 0 Å². The summed E-state index contributed by atoms with van der Waals surface area (Å²) in [5.41, 5.74) is 5.67. The Morgan fingerprint density at radius 1 is 1.46 bits per heavy atom. The number of piperazine rings is 1. The molecule has 0 aromatic heterocycles. The number of nitrogens with zero attached hydrogens (tertiary/aromatic N) is 1. The van der Waals surface area contributed by atoms with Gasteiger partial charge in [0.1, 0.15) is 0 Å². The highest BCUT2D eigenvalue weighted by molar-refractivity contribution is 4.79. The molecule has 1 aliphatic rings. The third-order valence-electron chi connectivity index (χ3n) is 2.60. The summed E-state index contributed by atoms with van der Waals surface area (Å²) in [6.45, 7) is 5.27. The number of aliphatic hydroxyl groups is 1. The van der Waals surface area contributed by atoms with Gasteiger partial charge < -0.3 is 16.2 Å². The quantitative estimate of drug-likeness (QED) is 0.483. The molecule has 1 saturated heterocycles. The van der Waals surface area contributed by atoms with Crippen LogP contribution in [0.2, 0.25) is 0 Å². The summed E-state index contributed by atoms with van der Waals surface area (Å²) < 4.78 is 0. The van der Waals surface area contributed by atoms with E-state index in [0.29, 0.717) is 12.6 Å². The first-order chi connectivity index (χ1) is 6.38. The molecule has 1 rings (SSSR count). The van der Waals surface area contributed by atoms with Gasteiger partial charge in [0.2, 0.25) is 0 Å². The number of hydrogen-bond acceptors (Lipinski definition) is 4. The topological polar surface area (TPSA) is 61.5 Å². The van der Waals surface area contributed by atoms with Crippen molar-refractivity contribution in [3.63, 3.8) is 0 Å². The Hall–Kier alpha value is -0.160. The minimum absolute atomic E-state index is 0.305. The molecule has 1 unspecified atom stereocenters. The number of aliphatic hydroxyl groups excluding tert-OH is 1. The van der Waals surface area contributed by atoms with Crippen LogP contribution in [0.1, 0.15) is 12.8 Å². The van der Waals surface area contributed by atoms with Crippen molar-refractivity contribution in [1.82, 2.24) is 10.2 Å². The summed E-state index contributed by atoms with van der Waals surface area (Å²) in [6.07, 6.45) is 1.98. The van der Waals surface area contributed by atoms with Gasteiger partial charge >= 0.3 is 0 Å². The highest BCUT2D eigenvalue weighted by Crippen LogP contribution is 2.03. The fourth-order valence-electron chi connectivity index (χ4n) is 1.76. The molecule has 1 heterocycles. The van der Waals surface area contributed by atoms with E-state index in [2.05, 4.69) is 10.2 Å². The molecular formula is C9H21N3O. The average Bonchev–Trinajstić information content (AvgIpc) is 2.19. The molecule has 13 heavy (non-hydrogen) atoms. The molecule has 0 saturated carbocycles. The van der Waals surface area contributed by atoms with Crippen molar-refractivity contribution in [2.45, 2.75) is 18.9 Å². The Morgan fingerprint density at radius 3 is 3.00 bits per heavy atom. The van der Waals surface area contributed by atoms with Crippen molar-refractivity contribution >= 4 is 0 Å². The number of nitrogens with one attached hydrogen (secondary N) is 1. The molecule has 0 amide bonds. The molecule has 0 bridgehead atoms. The molecular weight excluding hydrogens is 166 g/mol. The number of hydrogen-bond donors (Lipinski definition) is 3. The highest BCUT2D eigenvalue weighted by Gasteiger charge is 2.19. The van der Waals surface area contributed by atoms with Gasteiger partial charge in [-0.15, -0.1) is 0 Å². The second-order valence-electron chi connectivity index (χ2n) is 3.56. The zero-order chi connectivity index (χ0) is 9.52. The molecule has 4 N–H and O–H groups in total. The Morgan fingerprint density at radius 2 is 2.31 bits per heavy atom. The maximum Gasteiger partial charge on any atom is 0.0431 e. The monoisotopic (exact) mass is 187 g/mol. The van der Waals surface area contributed by atoms with E-state index in [9.17, 15) is 0 Å². The predicted molar refractivity (Wildman–Crippen MR) is 53.6 cm³/mol. The Labute approximate surface area is 80.1 Å². The number of unbranched alkanes of at least 4 members (excludes halogenated alkanes) is 1. The van der Waals surface area contributed by atoms with Crippen LogP contribution in [-0.4, -0.2) is 55.4 Å². The normalized spacial score (nSPS) is 24.9. The lowest BCUT2D eigenvalue weighted by atomic mass is 10.1. The molecule has 0 aromatic carbocycles. The molecule has 0 aliphatic carbocycles. The van der Waals surface area contributed by atoms with E-state index in [1.807, 2.05) is 0 Å². The van der Waals surface area contributed by atoms with Crippen molar-refractivity contribution < 1.29 is 5.11 Å². The van der Waals surface area contributed by atoms with Gasteiger partial charge in [-0.3, -0.25) is 4.90 Å². The predicted octanol–water partition coefficient (Wildman–Crippen LogP) is -1.01. The van der Waals surface area contributed by atoms with E-state index in [1.165, 1.54) is 0 Å². The largest absolute Gasteiger partial charge is 0.396 e. The number of rotatable bonds is 5. The molecule has 1 fully saturated rings. The van der Waals surface area contributed by atoms with Crippen LogP contribution in [0, 0.1) is 0 Å². The van der Waals surface area contributed by atoms with Gasteiger partial charge in [0.05, 0.1) is 0 Å². The second kappa shape index (κ2) is 6.32. The fourth-order valence-corrected chi connectivity index (χ4v) is 1.76. The summed E-state index contributed by atoms with van der Waals surface area (Å²) >= 11 is 0. The van der Waals surface area contributed by atoms with E-state index in [1.54, 1.807) is 0 Å². The summed E-state index contributed by atoms with van der Waals surface area (Å²) in [5.74, 6) is 0. The maximum absolute atomic E-state index is 8.66. The molecule has 4 heteroatoms. The first kappa shape index (κ1) is 10.9. The van der Waals surface area contributed by atoms with Crippen LogP contribution >= 0.6 is 0 Å². The Bertz CT molecular complexity index is 132. The van der Waals surface area contributed by atoms with Gasteiger partial charge in [0.15, 0.2) is 0 Å². The van der Waals surface area contributed by atoms with Crippen molar-refractivity contribution in [2.75, 3.05) is 39.3 Å². The van der Waals surface area contributed by atoms with Crippen LogP contribution in [-0.2, 0) is 0 Å². The summed E-state index contributed by atoms with van der Waals surface area (Å²) in [5, 5.41) is 12.0. The molecule has 1 aliphatic heterocycles. The van der Waals surface area contributed by atoms with Crippen LogP contribution in [0.25, 0.3) is 0 Å². The number of nitrogens with two attached hydrogens (primary N) is 1. The zero-order valence-corrected chi connectivity index (χ0v) is 8.21. The van der Waals surface area contributed by atoms with E-state index < -0.39 is 0 Å². The minimum atomic E-state index is 0.305. The minimum Gasteiger partial charge on any atom is -0.396 e. The molecule has 0 radical (unpaired) electrons.